The van der Waals surface area contributed by atoms with Crippen molar-refractivity contribution in [3.8, 4) is 0 Å². The Hall–Kier alpha value is 1.08. The fourth-order valence-electron chi connectivity index (χ4n) is 0. The van der Waals surface area contributed by atoms with Crippen molar-refractivity contribution in [1.82, 2.24) is 0 Å². The number of hydrogen-bond donors (Lipinski definition) is 0. The van der Waals surface area contributed by atoms with Crippen LogP contribution in [0, 0.1) is 0 Å². The molecular weight excluding hydrogens is 124 g/mol. The normalized spacial score (nSPS) is 0. The van der Waals surface area contributed by atoms with Crippen molar-refractivity contribution in [2.75, 3.05) is 0 Å². The van der Waals surface area contributed by atoms with Gasteiger partial charge in [0.1, 0.15) is 0 Å². The van der Waals surface area contributed by atoms with Crippen molar-refractivity contribution >= 4 is 17.4 Å². The largest absolute Gasteiger partial charge is 0.412 e. The van der Waals surface area contributed by atoms with Crippen molar-refractivity contribution in [3.63, 3.8) is 0 Å². The van der Waals surface area contributed by atoms with Crippen LogP contribution in [0.4, 0.5) is 0 Å². The van der Waals surface area contributed by atoms with Gasteiger partial charge in [0.2, 0.25) is 0 Å². The second-order valence-electron chi connectivity index (χ2n) is 0. The molecule has 0 radical (unpaired) electrons. The van der Waals surface area contributed by atoms with Gasteiger partial charge in [-0.25, -0.2) is 0 Å². The van der Waals surface area contributed by atoms with Gasteiger partial charge in [0.25, 0.3) is 0 Å². The molecule has 0 aromatic heterocycles. The molecule has 4 N–H and O–H groups in total. The average Bonchev–Trinajstić information content (AvgIpc) is 0. The van der Waals surface area contributed by atoms with Gasteiger partial charge in [0, 0.05) is 19.5 Å². The van der Waals surface area contributed by atoms with Gasteiger partial charge in [-0.2, -0.15) is 0 Å². The molecule has 0 fully saturated rings. The standard InChI is InChI=1S/Al.2H2O.Zn.3H/h;2*1H2;;;;. The maximum atomic E-state index is 0. The Morgan fingerprint density at radius 1 is 0.750 bits per heavy atom. The summed E-state index contributed by atoms with van der Waals surface area (Å²) in [5.74, 6) is 0. The Kier molecular flexibility index (Phi) is 607. The van der Waals surface area contributed by atoms with Crippen LogP contribution in [0.3, 0.4) is 0 Å². The molecule has 0 aliphatic rings. The Balaban J connectivity index is 0. The molecule has 0 aliphatic carbocycles. The second kappa shape index (κ2) is 33.3. The second-order valence-corrected chi connectivity index (χ2v) is 0. The smallest absolute Gasteiger partial charge is 0.187 e. The minimum atomic E-state index is 0. The molecule has 2 nitrogen and oxygen atoms in total. The molecule has 0 aliphatic heterocycles. The quantitative estimate of drug-likeness (QED) is 0.318. The molecular formula is H7AlO2Zn. The summed E-state index contributed by atoms with van der Waals surface area (Å²) >= 11 is 0. The van der Waals surface area contributed by atoms with Gasteiger partial charge in [-0.15, -0.1) is 0 Å². The van der Waals surface area contributed by atoms with Crippen molar-refractivity contribution in [2.45, 2.75) is 0 Å². The summed E-state index contributed by atoms with van der Waals surface area (Å²) in [6.07, 6.45) is 0. The van der Waals surface area contributed by atoms with Crippen LogP contribution < -0.4 is 0 Å². The summed E-state index contributed by atoms with van der Waals surface area (Å²) in [5.41, 5.74) is 0. The fourth-order valence-corrected chi connectivity index (χ4v) is 0. The van der Waals surface area contributed by atoms with Crippen molar-refractivity contribution in [3.05, 3.63) is 0 Å². The monoisotopic (exact) mass is 130 g/mol. The molecule has 0 aromatic rings. The number of rotatable bonds is 0. The summed E-state index contributed by atoms with van der Waals surface area (Å²) in [6, 6.07) is 0. The van der Waals surface area contributed by atoms with Gasteiger partial charge in [0.05, 0.1) is 0 Å². The van der Waals surface area contributed by atoms with E-state index >= 15 is 0 Å². The van der Waals surface area contributed by atoms with Gasteiger partial charge >= 0.3 is 0 Å². The van der Waals surface area contributed by atoms with E-state index < -0.39 is 0 Å². The van der Waals surface area contributed by atoms with Gasteiger partial charge in [-0.3, -0.25) is 0 Å². The third kappa shape index (κ3) is 11.5. The molecule has 0 atom stereocenters. The van der Waals surface area contributed by atoms with E-state index in [2.05, 4.69) is 0 Å². The third-order valence-electron chi connectivity index (χ3n) is 0. The zero-order valence-electron chi connectivity index (χ0n) is 1.71. The molecule has 0 unspecified atom stereocenters. The minimum absolute atomic E-state index is 0. The Morgan fingerprint density at radius 3 is 0.750 bits per heavy atom. The number of hydrogen-bond acceptors (Lipinski definition) is 0. The molecule has 0 heterocycles. The molecule has 24 valence electrons. The van der Waals surface area contributed by atoms with E-state index in [1.54, 1.807) is 0 Å². The first-order valence-electron chi connectivity index (χ1n) is 0. The zero-order chi connectivity index (χ0) is 0. The molecule has 0 saturated carbocycles. The molecule has 0 bridgehead atoms. The Labute approximate surface area is 48.1 Å². The summed E-state index contributed by atoms with van der Waals surface area (Å²) in [4.78, 5) is 0. The molecule has 0 rings (SSSR count). The maximum absolute atomic E-state index is 0. The van der Waals surface area contributed by atoms with E-state index in [1.165, 1.54) is 0 Å². The maximum Gasteiger partial charge on any atom is 0.187 e. The molecule has 0 saturated heterocycles. The van der Waals surface area contributed by atoms with E-state index in [0.29, 0.717) is 0 Å². The van der Waals surface area contributed by atoms with Gasteiger partial charge in [0.15, 0.2) is 17.4 Å². The first kappa shape index (κ1) is 72.9. The summed E-state index contributed by atoms with van der Waals surface area (Å²) in [6.45, 7) is 0. The predicted octanol–water partition coefficient (Wildman–Crippen LogP) is -2.84. The van der Waals surface area contributed by atoms with Gasteiger partial charge in [-0.1, -0.05) is 0 Å². The van der Waals surface area contributed by atoms with Crippen molar-refractivity contribution in [2.24, 2.45) is 0 Å². The van der Waals surface area contributed by atoms with Crippen LogP contribution in [0.2, 0.25) is 0 Å². The topological polar surface area (TPSA) is 63.0 Å². The van der Waals surface area contributed by atoms with Crippen molar-refractivity contribution < 1.29 is 30.4 Å². The van der Waals surface area contributed by atoms with E-state index in [0.717, 1.165) is 0 Å². The van der Waals surface area contributed by atoms with E-state index in [4.69, 9.17) is 0 Å². The van der Waals surface area contributed by atoms with Crippen LogP contribution in [0.1, 0.15) is 0 Å². The van der Waals surface area contributed by atoms with Crippen molar-refractivity contribution in [1.29, 1.82) is 0 Å². The first-order chi connectivity index (χ1) is 0. The molecule has 0 amide bonds. The first-order valence-corrected chi connectivity index (χ1v) is 0. The Bertz CT molecular complexity index is 6.00. The summed E-state index contributed by atoms with van der Waals surface area (Å²) in [5, 5.41) is 0. The van der Waals surface area contributed by atoms with Crippen LogP contribution in [-0.4, -0.2) is 28.3 Å². The van der Waals surface area contributed by atoms with Crippen LogP contribution in [0.25, 0.3) is 0 Å². The van der Waals surface area contributed by atoms with Crippen LogP contribution >= 0.6 is 0 Å². The molecule has 4 heteroatoms. The average molecular weight is 131 g/mol. The van der Waals surface area contributed by atoms with Gasteiger partial charge < -0.3 is 11.0 Å². The third-order valence-corrected chi connectivity index (χ3v) is 0. The molecule has 4 heavy (non-hydrogen) atoms. The predicted molar refractivity (Wildman–Crippen MR) is 17.2 cm³/mol. The molecule has 0 aromatic carbocycles. The fraction of sp³-hybridized carbons (Fsp3) is 0. The SMILES string of the molecule is O.O.[AlH3].[Zn]. The van der Waals surface area contributed by atoms with E-state index in [-0.39, 0.29) is 47.8 Å². The van der Waals surface area contributed by atoms with E-state index in [1.807, 2.05) is 0 Å². The molecule has 0 spiro atoms. The Morgan fingerprint density at radius 2 is 0.750 bits per heavy atom. The van der Waals surface area contributed by atoms with Gasteiger partial charge in [-0.05, 0) is 0 Å². The van der Waals surface area contributed by atoms with Crippen LogP contribution in [-0.2, 0) is 19.5 Å². The summed E-state index contributed by atoms with van der Waals surface area (Å²) in [7, 11) is 0. The summed E-state index contributed by atoms with van der Waals surface area (Å²) < 4.78 is 0. The van der Waals surface area contributed by atoms with E-state index in [9.17, 15) is 0 Å². The van der Waals surface area contributed by atoms with Crippen LogP contribution in [0.15, 0.2) is 0 Å². The van der Waals surface area contributed by atoms with Crippen LogP contribution in [0.5, 0.6) is 0 Å². The minimum Gasteiger partial charge on any atom is -0.412 e. The zero-order valence-corrected chi connectivity index (χ0v) is 4.67.